The molecule has 3 N–H and O–H groups in total. The molecule has 0 amide bonds. The molecule has 4 nitrogen and oxygen atoms in total. The molecular formula is C12H19N3O. The van der Waals surface area contributed by atoms with Gasteiger partial charge in [-0.15, -0.1) is 0 Å². The van der Waals surface area contributed by atoms with Gasteiger partial charge in [0.25, 0.3) is 0 Å². The Morgan fingerprint density at radius 3 is 2.56 bits per heavy atom. The van der Waals surface area contributed by atoms with E-state index in [1.54, 1.807) is 6.07 Å². The molecule has 1 aliphatic rings. The normalized spacial score (nSPS) is 18.8. The zero-order valence-electron chi connectivity index (χ0n) is 9.69. The van der Waals surface area contributed by atoms with E-state index in [0.717, 1.165) is 38.3 Å². The molecule has 1 aromatic rings. The number of hydrogen-bond acceptors (Lipinski definition) is 4. The number of benzene rings is 1. The minimum absolute atomic E-state index is 0.305. The zero-order chi connectivity index (χ0) is 11.5. The molecule has 0 saturated carbocycles. The largest absolute Gasteiger partial charge is 0.508 e. The van der Waals surface area contributed by atoms with Crippen LogP contribution in [0.2, 0.25) is 0 Å². The van der Waals surface area contributed by atoms with E-state index in [4.69, 9.17) is 5.73 Å². The molecule has 0 radical (unpaired) electrons. The highest BCUT2D eigenvalue weighted by atomic mass is 16.3. The lowest BCUT2D eigenvalue weighted by molar-refractivity contribution is 0.147. The van der Waals surface area contributed by atoms with Crippen LogP contribution in [0.25, 0.3) is 0 Å². The van der Waals surface area contributed by atoms with Crippen molar-refractivity contribution in [2.24, 2.45) is 0 Å². The lowest BCUT2D eigenvalue weighted by Crippen LogP contribution is -2.43. The number of aromatic hydroxyl groups is 1. The van der Waals surface area contributed by atoms with Crippen LogP contribution in [0, 0.1) is 0 Å². The second kappa shape index (κ2) is 4.72. The number of hydrogen-bond donors (Lipinski definition) is 2. The highest BCUT2D eigenvalue weighted by molar-refractivity contribution is 5.47. The second-order valence-electron chi connectivity index (χ2n) is 4.47. The fourth-order valence-corrected chi connectivity index (χ4v) is 1.96. The summed E-state index contributed by atoms with van der Waals surface area (Å²) in [6.45, 7) is 5.10. The Morgan fingerprint density at radius 1 is 1.25 bits per heavy atom. The van der Waals surface area contributed by atoms with Crippen LogP contribution in [0.1, 0.15) is 5.56 Å². The van der Waals surface area contributed by atoms with Gasteiger partial charge in [-0.25, -0.2) is 0 Å². The molecule has 0 aromatic heterocycles. The summed E-state index contributed by atoms with van der Waals surface area (Å²) in [7, 11) is 2.14. The van der Waals surface area contributed by atoms with Gasteiger partial charge >= 0.3 is 0 Å². The first-order chi connectivity index (χ1) is 7.65. The van der Waals surface area contributed by atoms with Crippen LogP contribution < -0.4 is 5.73 Å². The van der Waals surface area contributed by atoms with E-state index in [-0.39, 0.29) is 0 Å². The summed E-state index contributed by atoms with van der Waals surface area (Å²) in [5.74, 6) is 0.305. The first-order valence-corrected chi connectivity index (χ1v) is 5.63. The molecule has 0 bridgehead atoms. The van der Waals surface area contributed by atoms with Gasteiger partial charge in [-0.3, -0.25) is 4.90 Å². The number of piperazine rings is 1. The molecule has 1 saturated heterocycles. The van der Waals surface area contributed by atoms with Crippen LogP contribution in [0.15, 0.2) is 18.2 Å². The van der Waals surface area contributed by atoms with E-state index < -0.39 is 0 Å². The molecule has 1 fully saturated rings. The van der Waals surface area contributed by atoms with Gasteiger partial charge in [-0.2, -0.15) is 0 Å². The summed E-state index contributed by atoms with van der Waals surface area (Å²) in [5.41, 5.74) is 7.17. The zero-order valence-corrected chi connectivity index (χ0v) is 9.69. The molecule has 88 valence electrons. The van der Waals surface area contributed by atoms with Gasteiger partial charge in [0.1, 0.15) is 5.75 Å². The highest BCUT2D eigenvalue weighted by Gasteiger charge is 2.15. The van der Waals surface area contributed by atoms with Crippen molar-refractivity contribution in [3.8, 4) is 5.75 Å². The molecule has 1 heterocycles. The van der Waals surface area contributed by atoms with Crippen LogP contribution >= 0.6 is 0 Å². The fourth-order valence-electron chi connectivity index (χ4n) is 1.96. The summed E-state index contributed by atoms with van der Waals surface area (Å²) in [6, 6.07) is 5.36. The molecule has 0 atom stereocenters. The maximum Gasteiger partial charge on any atom is 0.122 e. The summed E-state index contributed by atoms with van der Waals surface area (Å²) in [5, 5.41) is 9.76. The number of anilines is 1. The van der Waals surface area contributed by atoms with Gasteiger partial charge in [-0.1, -0.05) is 6.07 Å². The van der Waals surface area contributed by atoms with Crippen molar-refractivity contribution in [3.63, 3.8) is 0 Å². The van der Waals surface area contributed by atoms with E-state index in [1.807, 2.05) is 12.1 Å². The van der Waals surface area contributed by atoms with E-state index in [0.29, 0.717) is 11.4 Å². The Hall–Kier alpha value is -1.26. The van der Waals surface area contributed by atoms with Crippen molar-refractivity contribution in [3.05, 3.63) is 23.8 Å². The highest BCUT2D eigenvalue weighted by Crippen LogP contribution is 2.21. The fraction of sp³-hybridized carbons (Fsp3) is 0.500. The number of nitrogens with two attached hydrogens (primary N) is 1. The summed E-state index contributed by atoms with van der Waals surface area (Å²) >= 11 is 0. The van der Waals surface area contributed by atoms with Crippen molar-refractivity contribution in [2.45, 2.75) is 6.54 Å². The molecule has 1 aliphatic heterocycles. The molecule has 16 heavy (non-hydrogen) atoms. The molecule has 0 spiro atoms. The van der Waals surface area contributed by atoms with Crippen LogP contribution in [0.5, 0.6) is 5.75 Å². The Bertz CT molecular complexity index is 359. The Kier molecular flexibility index (Phi) is 3.31. The third-order valence-electron chi connectivity index (χ3n) is 3.10. The van der Waals surface area contributed by atoms with Crippen molar-refractivity contribution in [1.82, 2.24) is 9.80 Å². The second-order valence-corrected chi connectivity index (χ2v) is 4.47. The molecule has 0 unspecified atom stereocenters. The SMILES string of the molecule is CN1CCN(Cc2ccc(N)cc2O)CC1. The quantitative estimate of drug-likeness (QED) is 0.723. The lowest BCUT2D eigenvalue weighted by atomic mass is 10.1. The van der Waals surface area contributed by atoms with Gasteiger partial charge in [0.05, 0.1) is 0 Å². The monoisotopic (exact) mass is 221 g/mol. The van der Waals surface area contributed by atoms with Gasteiger partial charge < -0.3 is 15.7 Å². The molecule has 0 aliphatic carbocycles. The van der Waals surface area contributed by atoms with Crippen LogP contribution in [0.3, 0.4) is 0 Å². The van der Waals surface area contributed by atoms with Gasteiger partial charge in [-0.05, 0) is 13.1 Å². The van der Waals surface area contributed by atoms with Crippen LogP contribution in [-0.2, 0) is 6.54 Å². The predicted octanol–water partition coefficient (Wildman–Crippen LogP) is 0.722. The average Bonchev–Trinajstić information content (AvgIpc) is 2.25. The summed E-state index contributed by atoms with van der Waals surface area (Å²) in [6.07, 6.45) is 0. The third-order valence-corrected chi connectivity index (χ3v) is 3.10. The van der Waals surface area contributed by atoms with E-state index in [9.17, 15) is 5.11 Å². The standard InChI is InChI=1S/C12H19N3O/c1-14-4-6-15(7-5-14)9-10-2-3-11(13)8-12(10)16/h2-3,8,16H,4-7,9,13H2,1H3. The van der Waals surface area contributed by atoms with E-state index >= 15 is 0 Å². The lowest BCUT2D eigenvalue weighted by Gasteiger charge is -2.32. The minimum atomic E-state index is 0.305. The third kappa shape index (κ3) is 2.65. The van der Waals surface area contributed by atoms with Gasteiger partial charge in [0, 0.05) is 50.0 Å². The van der Waals surface area contributed by atoms with Crippen LogP contribution in [-0.4, -0.2) is 48.1 Å². The van der Waals surface area contributed by atoms with Crippen molar-refractivity contribution in [1.29, 1.82) is 0 Å². The number of rotatable bonds is 2. The van der Waals surface area contributed by atoms with E-state index in [2.05, 4.69) is 16.8 Å². The van der Waals surface area contributed by atoms with Gasteiger partial charge in [0.2, 0.25) is 0 Å². The Morgan fingerprint density at radius 2 is 1.94 bits per heavy atom. The van der Waals surface area contributed by atoms with Crippen molar-refractivity contribution >= 4 is 5.69 Å². The first-order valence-electron chi connectivity index (χ1n) is 5.63. The van der Waals surface area contributed by atoms with Crippen molar-refractivity contribution < 1.29 is 5.11 Å². The molecule has 2 rings (SSSR count). The van der Waals surface area contributed by atoms with Crippen molar-refractivity contribution in [2.75, 3.05) is 39.0 Å². The van der Waals surface area contributed by atoms with Gasteiger partial charge in [0.15, 0.2) is 0 Å². The minimum Gasteiger partial charge on any atom is -0.508 e. The number of phenolic OH excluding ortho intramolecular Hbond substituents is 1. The number of phenols is 1. The number of nitrogen functional groups attached to an aromatic ring is 1. The van der Waals surface area contributed by atoms with E-state index in [1.165, 1.54) is 0 Å². The number of likely N-dealkylation sites (N-methyl/N-ethyl adjacent to an activating group) is 1. The maximum atomic E-state index is 9.76. The van der Waals surface area contributed by atoms with Crippen LogP contribution in [0.4, 0.5) is 5.69 Å². The smallest absolute Gasteiger partial charge is 0.122 e. The topological polar surface area (TPSA) is 52.7 Å². The maximum absolute atomic E-state index is 9.76. The molecule has 4 heteroatoms. The summed E-state index contributed by atoms with van der Waals surface area (Å²) in [4.78, 5) is 4.67. The Balaban J connectivity index is 1.98. The Labute approximate surface area is 96.3 Å². The average molecular weight is 221 g/mol. The molecule has 1 aromatic carbocycles. The molecular weight excluding hydrogens is 202 g/mol. The summed E-state index contributed by atoms with van der Waals surface area (Å²) < 4.78 is 0. The predicted molar refractivity (Wildman–Crippen MR) is 65.3 cm³/mol. The number of nitrogens with zero attached hydrogens (tertiary/aromatic N) is 2. The first kappa shape index (κ1) is 11.2.